The molecule has 0 saturated heterocycles. The normalized spacial score (nSPS) is 12.2. The van der Waals surface area contributed by atoms with Gasteiger partial charge in [0.1, 0.15) is 0 Å². The van der Waals surface area contributed by atoms with Crippen molar-refractivity contribution in [3.05, 3.63) is 35.4 Å². The van der Waals surface area contributed by atoms with Crippen LogP contribution in [0.5, 0.6) is 0 Å². The first-order valence-electron chi connectivity index (χ1n) is 6.86. The Morgan fingerprint density at radius 2 is 1.50 bits per heavy atom. The summed E-state index contributed by atoms with van der Waals surface area (Å²) in [5.41, 5.74) is 1.04. The van der Waals surface area contributed by atoms with Crippen molar-refractivity contribution in [3.63, 3.8) is 0 Å². The van der Waals surface area contributed by atoms with E-state index in [0.29, 0.717) is 24.2 Å². The van der Waals surface area contributed by atoms with Crippen LogP contribution in [0.15, 0.2) is 24.3 Å². The Balaban J connectivity index is 0.000000829. The zero-order chi connectivity index (χ0) is 15.5. The standard InChI is InChI=1S/C12H14N2O2.C2H6.CH4S/c1-2-13-7-8-14-11(15)9-5-3-4-6-10(9)12(14)16;2*1-2/h3-6,13H,2,7-8H2,1H3;1-2H3;2H,1H3. The summed E-state index contributed by atoms with van der Waals surface area (Å²) in [5.74, 6) is -0.364. The first-order chi connectivity index (χ1) is 9.75. The Morgan fingerprint density at radius 1 is 1.05 bits per heavy atom. The minimum absolute atomic E-state index is 0.182. The van der Waals surface area contributed by atoms with Gasteiger partial charge in [0.15, 0.2) is 0 Å². The van der Waals surface area contributed by atoms with Gasteiger partial charge in [-0.2, -0.15) is 12.6 Å². The molecule has 0 radical (unpaired) electrons. The second kappa shape index (κ2) is 10.5. The lowest BCUT2D eigenvalue weighted by Gasteiger charge is -2.13. The fraction of sp³-hybridized carbons (Fsp3) is 0.467. The minimum atomic E-state index is -0.182. The summed E-state index contributed by atoms with van der Waals surface area (Å²) in [6.07, 6.45) is 1.69. The molecule has 0 aliphatic carbocycles. The Kier molecular flexibility index (Phi) is 9.76. The van der Waals surface area contributed by atoms with Gasteiger partial charge in [0, 0.05) is 13.1 Å². The molecule has 1 heterocycles. The minimum Gasteiger partial charge on any atom is -0.315 e. The van der Waals surface area contributed by atoms with Gasteiger partial charge in [-0.05, 0) is 24.9 Å². The number of likely N-dealkylation sites (N-methyl/N-ethyl adjacent to an activating group) is 1. The number of hydrogen-bond acceptors (Lipinski definition) is 4. The number of benzene rings is 1. The van der Waals surface area contributed by atoms with E-state index in [1.54, 1.807) is 30.5 Å². The van der Waals surface area contributed by atoms with Gasteiger partial charge in [-0.1, -0.05) is 32.9 Å². The molecule has 1 aliphatic rings. The number of imide groups is 1. The molecule has 0 aromatic heterocycles. The van der Waals surface area contributed by atoms with Gasteiger partial charge in [0.05, 0.1) is 11.1 Å². The van der Waals surface area contributed by atoms with Crippen molar-refractivity contribution in [1.82, 2.24) is 10.2 Å². The Morgan fingerprint density at radius 3 is 1.90 bits per heavy atom. The second-order valence-electron chi connectivity index (χ2n) is 3.66. The number of nitrogens with zero attached hydrogens (tertiary/aromatic N) is 1. The summed E-state index contributed by atoms with van der Waals surface area (Å²) < 4.78 is 0. The SMILES string of the molecule is CC.CCNCCN1C(=O)c2ccccc2C1=O.CS. The molecule has 2 amide bonds. The maximum atomic E-state index is 11.9. The van der Waals surface area contributed by atoms with Crippen LogP contribution in [-0.4, -0.2) is 42.6 Å². The monoisotopic (exact) mass is 296 g/mol. The lowest BCUT2D eigenvalue weighted by Crippen LogP contribution is -2.36. The molecule has 20 heavy (non-hydrogen) atoms. The van der Waals surface area contributed by atoms with Crippen LogP contribution < -0.4 is 5.32 Å². The zero-order valence-corrected chi connectivity index (χ0v) is 13.5. The molecule has 0 atom stereocenters. The van der Waals surface area contributed by atoms with Crippen LogP contribution in [0.2, 0.25) is 0 Å². The van der Waals surface area contributed by atoms with E-state index in [1.807, 2.05) is 20.8 Å². The van der Waals surface area contributed by atoms with Crippen LogP contribution >= 0.6 is 12.6 Å². The molecule has 5 heteroatoms. The van der Waals surface area contributed by atoms with Crippen molar-refractivity contribution in [2.75, 3.05) is 25.9 Å². The molecular formula is C15H24N2O2S. The molecule has 2 rings (SSSR count). The van der Waals surface area contributed by atoms with E-state index in [4.69, 9.17) is 0 Å². The number of hydrogen-bond donors (Lipinski definition) is 2. The average Bonchev–Trinajstić information content (AvgIpc) is 2.77. The molecule has 1 N–H and O–H groups in total. The van der Waals surface area contributed by atoms with Gasteiger partial charge < -0.3 is 5.32 Å². The summed E-state index contributed by atoms with van der Waals surface area (Å²) >= 11 is 3.53. The lowest BCUT2D eigenvalue weighted by atomic mass is 10.1. The number of thiol groups is 1. The third-order valence-corrected chi connectivity index (χ3v) is 2.64. The average molecular weight is 296 g/mol. The van der Waals surface area contributed by atoms with E-state index in [0.717, 1.165) is 6.54 Å². The van der Waals surface area contributed by atoms with Crippen LogP contribution in [0.3, 0.4) is 0 Å². The molecule has 4 nitrogen and oxygen atoms in total. The number of nitrogens with one attached hydrogen (secondary N) is 1. The summed E-state index contributed by atoms with van der Waals surface area (Å²) in [6.45, 7) is 7.90. The van der Waals surface area contributed by atoms with E-state index in [-0.39, 0.29) is 11.8 Å². The number of rotatable bonds is 4. The van der Waals surface area contributed by atoms with Crippen LogP contribution in [0, 0.1) is 0 Å². The van der Waals surface area contributed by atoms with Crippen LogP contribution in [0.1, 0.15) is 41.5 Å². The number of carbonyl (C=O) groups is 2. The van der Waals surface area contributed by atoms with E-state index in [1.165, 1.54) is 4.90 Å². The Bertz CT molecular complexity index is 401. The van der Waals surface area contributed by atoms with E-state index in [2.05, 4.69) is 17.9 Å². The summed E-state index contributed by atoms with van der Waals surface area (Å²) in [6, 6.07) is 6.95. The summed E-state index contributed by atoms with van der Waals surface area (Å²) in [7, 11) is 0. The topological polar surface area (TPSA) is 49.4 Å². The van der Waals surface area contributed by atoms with Gasteiger partial charge in [0.2, 0.25) is 0 Å². The fourth-order valence-corrected chi connectivity index (χ4v) is 1.81. The van der Waals surface area contributed by atoms with Gasteiger partial charge in [0.25, 0.3) is 11.8 Å². The maximum absolute atomic E-state index is 11.9. The quantitative estimate of drug-likeness (QED) is 0.510. The van der Waals surface area contributed by atoms with Gasteiger partial charge >= 0.3 is 0 Å². The highest BCUT2D eigenvalue weighted by Gasteiger charge is 2.34. The second-order valence-corrected chi connectivity index (χ2v) is 3.66. The predicted molar refractivity (Wildman–Crippen MR) is 86.6 cm³/mol. The van der Waals surface area contributed by atoms with Gasteiger partial charge in [-0.25, -0.2) is 0 Å². The molecule has 0 unspecified atom stereocenters. The van der Waals surface area contributed by atoms with Crippen molar-refractivity contribution in [2.24, 2.45) is 0 Å². The highest BCUT2D eigenvalue weighted by molar-refractivity contribution is 7.79. The predicted octanol–water partition coefficient (Wildman–Crippen LogP) is 2.46. The third-order valence-electron chi connectivity index (χ3n) is 2.64. The molecule has 1 aromatic rings. The highest BCUT2D eigenvalue weighted by Crippen LogP contribution is 2.21. The fourth-order valence-electron chi connectivity index (χ4n) is 1.81. The van der Waals surface area contributed by atoms with Crippen molar-refractivity contribution in [1.29, 1.82) is 0 Å². The number of fused-ring (bicyclic) bond motifs is 1. The highest BCUT2D eigenvalue weighted by atomic mass is 32.1. The van der Waals surface area contributed by atoms with Crippen molar-refractivity contribution >= 4 is 24.4 Å². The van der Waals surface area contributed by atoms with E-state index >= 15 is 0 Å². The molecule has 0 fully saturated rings. The number of amides is 2. The van der Waals surface area contributed by atoms with Crippen LogP contribution in [0.25, 0.3) is 0 Å². The molecule has 0 saturated carbocycles. The molecule has 0 bridgehead atoms. The summed E-state index contributed by atoms with van der Waals surface area (Å²) in [5, 5.41) is 3.10. The van der Waals surface area contributed by atoms with Gasteiger partial charge in [-0.3, -0.25) is 14.5 Å². The Labute approximate surface area is 127 Å². The van der Waals surface area contributed by atoms with Crippen molar-refractivity contribution in [3.8, 4) is 0 Å². The van der Waals surface area contributed by atoms with Crippen molar-refractivity contribution < 1.29 is 9.59 Å². The van der Waals surface area contributed by atoms with Crippen LogP contribution in [0.4, 0.5) is 0 Å². The summed E-state index contributed by atoms with van der Waals surface area (Å²) in [4.78, 5) is 25.1. The van der Waals surface area contributed by atoms with Crippen LogP contribution in [-0.2, 0) is 0 Å². The Hall–Kier alpha value is -1.33. The molecule has 0 spiro atoms. The zero-order valence-electron chi connectivity index (χ0n) is 12.6. The first-order valence-corrected chi connectivity index (χ1v) is 7.75. The van der Waals surface area contributed by atoms with E-state index in [9.17, 15) is 9.59 Å². The first kappa shape index (κ1) is 18.7. The third kappa shape index (κ3) is 4.35. The molecule has 1 aromatic carbocycles. The smallest absolute Gasteiger partial charge is 0.261 e. The lowest BCUT2D eigenvalue weighted by molar-refractivity contribution is 0.0656. The maximum Gasteiger partial charge on any atom is 0.261 e. The molecule has 1 aliphatic heterocycles. The largest absolute Gasteiger partial charge is 0.315 e. The molecular weight excluding hydrogens is 272 g/mol. The molecule has 112 valence electrons. The number of carbonyl (C=O) groups excluding carboxylic acids is 2. The van der Waals surface area contributed by atoms with Gasteiger partial charge in [-0.15, -0.1) is 0 Å². The van der Waals surface area contributed by atoms with E-state index < -0.39 is 0 Å². The van der Waals surface area contributed by atoms with Crippen molar-refractivity contribution in [2.45, 2.75) is 20.8 Å².